The van der Waals surface area contributed by atoms with E-state index in [0.29, 0.717) is 0 Å². The van der Waals surface area contributed by atoms with Crippen LogP contribution in [0.2, 0.25) is 0 Å². The van der Waals surface area contributed by atoms with E-state index in [0.717, 1.165) is 24.9 Å². The lowest BCUT2D eigenvalue weighted by Crippen LogP contribution is -2.28. The summed E-state index contributed by atoms with van der Waals surface area (Å²) < 4.78 is 0. The first-order valence-corrected chi connectivity index (χ1v) is 7.85. The average molecular weight is 267 g/mol. The third-order valence-electron chi connectivity index (χ3n) is 3.57. The molecule has 18 heavy (non-hydrogen) atoms. The lowest BCUT2D eigenvalue weighted by atomic mass is 10.1. The zero-order valence-electron chi connectivity index (χ0n) is 11.8. The molecule has 1 unspecified atom stereocenters. The fourth-order valence-corrected chi connectivity index (χ4v) is 3.30. The third kappa shape index (κ3) is 4.04. The molecule has 1 aliphatic heterocycles. The fourth-order valence-electron chi connectivity index (χ4n) is 2.48. The van der Waals surface area contributed by atoms with Crippen LogP contribution in [0.3, 0.4) is 0 Å². The Morgan fingerprint density at radius 2 is 2.39 bits per heavy atom. The van der Waals surface area contributed by atoms with E-state index in [1.54, 1.807) is 11.3 Å². The smallest absolute Gasteiger partial charge is 0.0798 e. The van der Waals surface area contributed by atoms with Crippen LogP contribution >= 0.6 is 11.3 Å². The predicted octanol–water partition coefficient (Wildman–Crippen LogP) is 2.52. The summed E-state index contributed by atoms with van der Waals surface area (Å²) in [6, 6.07) is 0. The van der Waals surface area contributed by atoms with Crippen molar-refractivity contribution in [3.8, 4) is 0 Å². The van der Waals surface area contributed by atoms with Gasteiger partial charge in [0.05, 0.1) is 11.2 Å². The molecule has 1 fully saturated rings. The van der Waals surface area contributed by atoms with Crippen LogP contribution in [0.4, 0.5) is 0 Å². The van der Waals surface area contributed by atoms with E-state index in [9.17, 15) is 0 Å². The molecule has 0 amide bonds. The minimum absolute atomic E-state index is 0.752. The van der Waals surface area contributed by atoms with E-state index in [-0.39, 0.29) is 0 Å². The van der Waals surface area contributed by atoms with Crippen LogP contribution in [0.15, 0.2) is 5.51 Å². The van der Waals surface area contributed by atoms with Gasteiger partial charge in [-0.05, 0) is 44.8 Å². The van der Waals surface area contributed by atoms with Gasteiger partial charge in [-0.1, -0.05) is 13.8 Å². The van der Waals surface area contributed by atoms with Crippen molar-refractivity contribution in [1.82, 2.24) is 15.2 Å². The molecule has 1 aliphatic rings. The van der Waals surface area contributed by atoms with Gasteiger partial charge in [0.1, 0.15) is 0 Å². The van der Waals surface area contributed by atoms with Crippen molar-refractivity contribution in [2.45, 2.75) is 33.7 Å². The van der Waals surface area contributed by atoms with Gasteiger partial charge < -0.3 is 5.32 Å². The van der Waals surface area contributed by atoms with E-state index in [1.165, 1.54) is 36.6 Å². The topological polar surface area (TPSA) is 28.2 Å². The van der Waals surface area contributed by atoms with Crippen LogP contribution in [-0.2, 0) is 6.54 Å². The highest BCUT2D eigenvalue weighted by Gasteiger charge is 2.22. The highest BCUT2D eigenvalue weighted by Crippen LogP contribution is 2.21. The molecule has 4 heteroatoms. The van der Waals surface area contributed by atoms with E-state index in [4.69, 9.17) is 0 Å². The van der Waals surface area contributed by atoms with Crippen LogP contribution < -0.4 is 5.32 Å². The summed E-state index contributed by atoms with van der Waals surface area (Å²) in [7, 11) is 0. The minimum atomic E-state index is 0.752. The second kappa shape index (κ2) is 6.64. The third-order valence-corrected chi connectivity index (χ3v) is 4.49. The van der Waals surface area contributed by atoms with Gasteiger partial charge in [0.2, 0.25) is 0 Å². The number of aromatic nitrogens is 1. The standard InChI is InChI=1S/C14H25N3S/c1-11(2)6-15-7-13-4-5-17(8-13)9-14-12(3)16-10-18-14/h10-11,13,15H,4-9H2,1-3H3. The monoisotopic (exact) mass is 267 g/mol. The van der Waals surface area contributed by atoms with Crippen LogP contribution in [0.5, 0.6) is 0 Å². The van der Waals surface area contributed by atoms with Gasteiger partial charge in [0.15, 0.2) is 0 Å². The maximum atomic E-state index is 4.33. The average Bonchev–Trinajstić information content (AvgIpc) is 2.90. The van der Waals surface area contributed by atoms with Gasteiger partial charge in [0.25, 0.3) is 0 Å². The Bertz CT molecular complexity index is 362. The number of hydrogen-bond donors (Lipinski definition) is 1. The maximum absolute atomic E-state index is 4.33. The summed E-state index contributed by atoms with van der Waals surface area (Å²) in [6.07, 6.45) is 1.34. The molecule has 0 spiro atoms. The normalized spacial score (nSPS) is 21.0. The first-order chi connectivity index (χ1) is 8.65. The molecule has 1 aromatic heterocycles. The molecule has 0 radical (unpaired) electrons. The summed E-state index contributed by atoms with van der Waals surface area (Å²) >= 11 is 1.79. The minimum Gasteiger partial charge on any atom is -0.316 e. The van der Waals surface area contributed by atoms with Gasteiger partial charge in [-0.2, -0.15) is 0 Å². The molecule has 0 saturated carbocycles. The molecule has 102 valence electrons. The number of nitrogens with one attached hydrogen (secondary N) is 1. The van der Waals surface area contributed by atoms with Crippen molar-refractivity contribution >= 4 is 11.3 Å². The van der Waals surface area contributed by atoms with Crippen molar-refractivity contribution in [2.24, 2.45) is 11.8 Å². The summed E-state index contributed by atoms with van der Waals surface area (Å²) in [5, 5.41) is 3.58. The van der Waals surface area contributed by atoms with Crippen molar-refractivity contribution in [3.05, 3.63) is 16.1 Å². The highest BCUT2D eigenvalue weighted by atomic mass is 32.1. The summed E-state index contributed by atoms with van der Waals surface area (Å²) in [5.74, 6) is 1.58. The number of rotatable bonds is 6. The predicted molar refractivity (Wildman–Crippen MR) is 77.9 cm³/mol. The molecule has 1 atom stereocenters. The number of thiazole rings is 1. The largest absolute Gasteiger partial charge is 0.316 e. The number of hydrogen-bond acceptors (Lipinski definition) is 4. The Kier molecular flexibility index (Phi) is 5.15. The van der Waals surface area contributed by atoms with E-state index in [1.807, 2.05) is 5.51 Å². The Hall–Kier alpha value is -0.450. The number of aryl methyl sites for hydroxylation is 1. The van der Waals surface area contributed by atoms with Crippen LogP contribution in [0, 0.1) is 18.8 Å². The quantitative estimate of drug-likeness (QED) is 0.858. The van der Waals surface area contributed by atoms with Crippen molar-refractivity contribution in [3.63, 3.8) is 0 Å². The maximum Gasteiger partial charge on any atom is 0.0798 e. The second-order valence-electron chi connectivity index (χ2n) is 5.80. The van der Waals surface area contributed by atoms with Crippen LogP contribution in [-0.4, -0.2) is 36.1 Å². The highest BCUT2D eigenvalue weighted by molar-refractivity contribution is 7.09. The summed E-state index contributed by atoms with van der Waals surface area (Å²) in [5.41, 5.74) is 3.17. The van der Waals surface area contributed by atoms with Gasteiger partial charge in [0, 0.05) is 18.0 Å². The van der Waals surface area contributed by atoms with E-state index < -0.39 is 0 Å². The molecule has 1 saturated heterocycles. The Morgan fingerprint density at radius 1 is 1.56 bits per heavy atom. The number of nitrogens with zero attached hydrogens (tertiary/aromatic N) is 2. The Labute approximate surface area is 115 Å². The Morgan fingerprint density at radius 3 is 3.06 bits per heavy atom. The summed E-state index contributed by atoms with van der Waals surface area (Å²) in [6.45, 7) is 12.5. The van der Waals surface area contributed by atoms with Gasteiger partial charge >= 0.3 is 0 Å². The van der Waals surface area contributed by atoms with Crippen LogP contribution in [0.25, 0.3) is 0 Å². The SMILES string of the molecule is Cc1ncsc1CN1CCC(CNCC(C)C)C1. The lowest BCUT2D eigenvalue weighted by Gasteiger charge is -2.16. The van der Waals surface area contributed by atoms with E-state index in [2.05, 4.69) is 36.0 Å². The summed E-state index contributed by atoms with van der Waals surface area (Å²) in [4.78, 5) is 8.33. The van der Waals surface area contributed by atoms with Crippen molar-refractivity contribution in [1.29, 1.82) is 0 Å². The molecule has 0 bridgehead atoms. The van der Waals surface area contributed by atoms with Crippen molar-refractivity contribution in [2.75, 3.05) is 26.2 Å². The second-order valence-corrected chi connectivity index (χ2v) is 6.74. The molecule has 1 aromatic rings. The molecular formula is C14H25N3S. The molecule has 1 N–H and O–H groups in total. The molecule has 0 aliphatic carbocycles. The van der Waals surface area contributed by atoms with Crippen LogP contribution in [0.1, 0.15) is 30.8 Å². The van der Waals surface area contributed by atoms with Gasteiger partial charge in [-0.15, -0.1) is 11.3 Å². The Balaban J connectivity index is 1.70. The zero-order valence-corrected chi connectivity index (χ0v) is 12.6. The molecule has 0 aromatic carbocycles. The van der Waals surface area contributed by atoms with E-state index >= 15 is 0 Å². The van der Waals surface area contributed by atoms with Gasteiger partial charge in [-0.3, -0.25) is 4.90 Å². The zero-order chi connectivity index (χ0) is 13.0. The van der Waals surface area contributed by atoms with Crippen molar-refractivity contribution < 1.29 is 0 Å². The lowest BCUT2D eigenvalue weighted by molar-refractivity contribution is 0.315. The first kappa shape index (κ1) is 14.0. The molecule has 2 heterocycles. The molecule has 2 rings (SSSR count). The molecular weight excluding hydrogens is 242 g/mol. The molecule has 3 nitrogen and oxygen atoms in total. The van der Waals surface area contributed by atoms with Gasteiger partial charge in [-0.25, -0.2) is 4.98 Å². The fraction of sp³-hybridized carbons (Fsp3) is 0.786. The first-order valence-electron chi connectivity index (χ1n) is 6.97. The number of likely N-dealkylation sites (tertiary alicyclic amines) is 1.